The van der Waals surface area contributed by atoms with E-state index < -0.39 is 6.10 Å². The number of alkyl halides is 1. The Morgan fingerprint density at radius 1 is 1.24 bits per heavy atom. The molecule has 3 nitrogen and oxygen atoms in total. The Morgan fingerprint density at radius 3 is 2.71 bits per heavy atom. The molecule has 2 rings (SSSR count). The number of halogens is 2. The number of rotatable bonds is 5. The minimum absolute atomic E-state index is 0.235. The maximum Gasteiger partial charge on any atom is 0.265 e. The lowest BCUT2D eigenvalue weighted by molar-refractivity contribution is -0.122. The number of hydrogen-bond donors (Lipinski definition) is 1. The normalized spacial score (nSPS) is 11.8. The van der Waals surface area contributed by atoms with Crippen molar-refractivity contribution in [3.63, 3.8) is 0 Å². The van der Waals surface area contributed by atoms with Crippen molar-refractivity contribution in [3.8, 4) is 5.75 Å². The first kappa shape index (κ1) is 15.7. The summed E-state index contributed by atoms with van der Waals surface area (Å²) in [5.74, 6) is 0.722. The maximum absolute atomic E-state index is 12.1. The molecule has 0 spiro atoms. The van der Waals surface area contributed by atoms with Crippen LogP contribution < -0.4 is 10.1 Å². The summed E-state index contributed by atoms with van der Waals surface area (Å²) < 4.78 is 5.56. The largest absolute Gasteiger partial charge is 0.481 e. The van der Waals surface area contributed by atoms with Gasteiger partial charge in [0.15, 0.2) is 6.10 Å². The molecule has 1 N–H and O–H groups in total. The number of amides is 1. The highest BCUT2D eigenvalue weighted by atomic mass is 35.5. The van der Waals surface area contributed by atoms with Gasteiger partial charge in [0.2, 0.25) is 0 Å². The summed E-state index contributed by atoms with van der Waals surface area (Å²) in [6.07, 6.45) is -0.636. The van der Waals surface area contributed by atoms with Crippen LogP contribution in [0.4, 0.5) is 5.69 Å². The van der Waals surface area contributed by atoms with Gasteiger partial charge in [0.05, 0.1) is 0 Å². The molecule has 0 fully saturated rings. The Labute approximate surface area is 133 Å². The lowest BCUT2D eigenvalue weighted by Crippen LogP contribution is -2.30. The molecular formula is C16H15Cl2NO2. The quantitative estimate of drug-likeness (QED) is 0.823. The average Bonchev–Trinajstić information content (AvgIpc) is 2.47. The van der Waals surface area contributed by atoms with Crippen molar-refractivity contribution < 1.29 is 9.53 Å². The lowest BCUT2D eigenvalue weighted by atomic mass is 10.2. The number of hydrogen-bond acceptors (Lipinski definition) is 2. The van der Waals surface area contributed by atoms with Gasteiger partial charge in [-0.05, 0) is 42.8 Å². The zero-order chi connectivity index (χ0) is 15.2. The highest BCUT2D eigenvalue weighted by molar-refractivity contribution is 6.30. The summed E-state index contributed by atoms with van der Waals surface area (Å²) in [6, 6.07) is 14.3. The molecule has 1 amide bonds. The first-order chi connectivity index (χ1) is 10.1. The molecule has 0 aliphatic carbocycles. The summed E-state index contributed by atoms with van der Waals surface area (Å²) in [7, 11) is 0. The molecule has 0 saturated heterocycles. The standard InChI is InChI=1S/C16H15Cl2NO2/c1-11(21-15-7-3-5-13(18)9-15)16(20)19-14-6-2-4-12(8-14)10-17/h2-9,11H,10H2,1H3,(H,19,20). The summed E-state index contributed by atoms with van der Waals surface area (Å²) in [5.41, 5.74) is 1.64. The van der Waals surface area contributed by atoms with Gasteiger partial charge in [-0.1, -0.05) is 29.8 Å². The van der Waals surface area contributed by atoms with E-state index in [9.17, 15) is 4.79 Å². The third kappa shape index (κ3) is 4.66. The minimum Gasteiger partial charge on any atom is -0.481 e. The van der Waals surface area contributed by atoms with Crippen molar-refractivity contribution in [2.24, 2.45) is 0 Å². The third-order valence-electron chi connectivity index (χ3n) is 2.83. The molecule has 0 aliphatic heterocycles. The van der Waals surface area contributed by atoms with Gasteiger partial charge in [0.1, 0.15) is 5.75 Å². The van der Waals surface area contributed by atoms with E-state index in [1.54, 1.807) is 37.3 Å². The molecule has 21 heavy (non-hydrogen) atoms. The van der Waals surface area contributed by atoms with Gasteiger partial charge >= 0.3 is 0 Å². The lowest BCUT2D eigenvalue weighted by Gasteiger charge is -2.15. The number of carbonyl (C=O) groups excluding carboxylic acids is 1. The van der Waals surface area contributed by atoms with Crippen molar-refractivity contribution in [2.45, 2.75) is 18.9 Å². The van der Waals surface area contributed by atoms with Gasteiger partial charge in [0.25, 0.3) is 5.91 Å². The average molecular weight is 324 g/mol. The van der Waals surface area contributed by atoms with Crippen LogP contribution in [0, 0.1) is 0 Å². The number of carbonyl (C=O) groups is 1. The fraction of sp³-hybridized carbons (Fsp3) is 0.188. The van der Waals surface area contributed by atoms with Gasteiger partial charge in [-0.25, -0.2) is 0 Å². The minimum atomic E-state index is -0.636. The van der Waals surface area contributed by atoms with E-state index in [1.807, 2.05) is 18.2 Å². The molecule has 110 valence electrons. The monoisotopic (exact) mass is 323 g/mol. The number of nitrogens with one attached hydrogen (secondary N) is 1. The molecule has 0 bridgehead atoms. The summed E-state index contributed by atoms with van der Waals surface area (Å²) in [5, 5.41) is 3.36. The van der Waals surface area contributed by atoms with E-state index in [4.69, 9.17) is 27.9 Å². The van der Waals surface area contributed by atoms with Crippen molar-refractivity contribution in [3.05, 3.63) is 59.1 Å². The molecule has 0 radical (unpaired) electrons. The highest BCUT2D eigenvalue weighted by Gasteiger charge is 2.15. The topological polar surface area (TPSA) is 38.3 Å². The van der Waals surface area contributed by atoms with Gasteiger partial charge in [-0.3, -0.25) is 4.79 Å². The van der Waals surface area contributed by atoms with Crippen LogP contribution in [-0.2, 0) is 10.7 Å². The van der Waals surface area contributed by atoms with E-state index in [-0.39, 0.29) is 5.91 Å². The molecule has 0 saturated carbocycles. The summed E-state index contributed by atoms with van der Waals surface area (Å²) >= 11 is 11.6. The predicted octanol–water partition coefficient (Wildman–Crippen LogP) is 4.48. The second-order valence-corrected chi connectivity index (χ2v) is 5.24. The van der Waals surface area contributed by atoms with E-state index in [2.05, 4.69) is 5.32 Å². The van der Waals surface area contributed by atoms with Crippen LogP contribution in [0.1, 0.15) is 12.5 Å². The van der Waals surface area contributed by atoms with E-state index in [1.165, 1.54) is 0 Å². The van der Waals surface area contributed by atoms with Crippen molar-refractivity contribution >= 4 is 34.8 Å². The Kier molecular flexibility index (Phi) is 5.48. The molecule has 0 aliphatic rings. The zero-order valence-electron chi connectivity index (χ0n) is 11.5. The Morgan fingerprint density at radius 2 is 2.00 bits per heavy atom. The van der Waals surface area contributed by atoms with Gasteiger partial charge in [0, 0.05) is 16.6 Å². The molecule has 0 heterocycles. The van der Waals surface area contributed by atoms with Crippen molar-refractivity contribution in [1.82, 2.24) is 0 Å². The van der Waals surface area contributed by atoms with Crippen LogP contribution in [0.15, 0.2) is 48.5 Å². The van der Waals surface area contributed by atoms with Gasteiger partial charge < -0.3 is 10.1 Å². The fourth-order valence-corrected chi connectivity index (χ4v) is 2.12. The Hall–Kier alpha value is -1.71. The number of benzene rings is 2. The highest BCUT2D eigenvalue weighted by Crippen LogP contribution is 2.19. The van der Waals surface area contributed by atoms with E-state index in [0.717, 1.165) is 5.56 Å². The molecule has 0 aromatic heterocycles. The van der Waals surface area contributed by atoms with Crippen LogP contribution >= 0.6 is 23.2 Å². The number of anilines is 1. The van der Waals surface area contributed by atoms with Crippen molar-refractivity contribution in [1.29, 1.82) is 0 Å². The molecular weight excluding hydrogens is 309 g/mol. The van der Waals surface area contributed by atoms with Gasteiger partial charge in [-0.2, -0.15) is 0 Å². The SMILES string of the molecule is CC(Oc1cccc(Cl)c1)C(=O)Nc1cccc(CCl)c1. The smallest absolute Gasteiger partial charge is 0.265 e. The van der Waals surface area contributed by atoms with E-state index in [0.29, 0.717) is 22.3 Å². The first-order valence-corrected chi connectivity index (χ1v) is 7.37. The Balaban J connectivity index is 1.99. The molecule has 1 unspecified atom stereocenters. The molecule has 2 aromatic rings. The predicted molar refractivity (Wildman–Crippen MR) is 86.2 cm³/mol. The van der Waals surface area contributed by atoms with E-state index >= 15 is 0 Å². The Bertz CT molecular complexity index is 631. The van der Waals surface area contributed by atoms with Gasteiger partial charge in [-0.15, -0.1) is 11.6 Å². The molecule has 1 atom stereocenters. The number of ether oxygens (including phenoxy) is 1. The first-order valence-electron chi connectivity index (χ1n) is 6.46. The van der Waals surface area contributed by atoms with Crippen LogP contribution in [0.5, 0.6) is 5.75 Å². The second kappa shape index (κ2) is 7.34. The zero-order valence-corrected chi connectivity index (χ0v) is 13.0. The maximum atomic E-state index is 12.1. The van der Waals surface area contributed by atoms with Crippen LogP contribution in [0.2, 0.25) is 5.02 Å². The third-order valence-corrected chi connectivity index (χ3v) is 3.37. The van der Waals surface area contributed by atoms with Crippen molar-refractivity contribution in [2.75, 3.05) is 5.32 Å². The fourth-order valence-electron chi connectivity index (χ4n) is 1.77. The molecule has 2 aromatic carbocycles. The summed E-state index contributed by atoms with van der Waals surface area (Å²) in [6.45, 7) is 1.68. The second-order valence-electron chi connectivity index (χ2n) is 4.54. The van der Waals surface area contributed by atoms with Crippen LogP contribution in [0.25, 0.3) is 0 Å². The molecule has 5 heteroatoms. The van der Waals surface area contributed by atoms with Crippen LogP contribution in [0.3, 0.4) is 0 Å². The van der Waals surface area contributed by atoms with Crippen LogP contribution in [-0.4, -0.2) is 12.0 Å². The summed E-state index contributed by atoms with van der Waals surface area (Å²) in [4.78, 5) is 12.1.